The van der Waals surface area contributed by atoms with Crippen molar-refractivity contribution in [3.63, 3.8) is 0 Å². The number of alkyl halides is 7. The second-order valence-electron chi connectivity index (χ2n) is 8.54. The monoisotopic (exact) mass is 443 g/mol. The summed E-state index contributed by atoms with van der Waals surface area (Å²) in [7, 11) is 0. The van der Waals surface area contributed by atoms with E-state index in [1.807, 2.05) is 0 Å². The highest BCUT2D eigenvalue weighted by molar-refractivity contribution is 6.15. The van der Waals surface area contributed by atoms with Crippen LogP contribution in [0.15, 0.2) is 59.6 Å². The molecule has 0 saturated heterocycles. The molecule has 2 atom stereocenters. The Kier molecular flexibility index (Phi) is 4.80. The van der Waals surface area contributed by atoms with E-state index in [-0.39, 0.29) is 6.42 Å². The van der Waals surface area contributed by atoms with Crippen LogP contribution in [0.1, 0.15) is 49.3 Å². The maximum atomic E-state index is 14.7. The summed E-state index contributed by atoms with van der Waals surface area (Å²) in [6.45, 7) is 1.64. The lowest BCUT2D eigenvalue weighted by Crippen LogP contribution is -2.58. The van der Waals surface area contributed by atoms with E-state index in [4.69, 9.17) is 0 Å². The number of fused-ring (bicyclic) bond motifs is 3. The Morgan fingerprint density at radius 1 is 0.839 bits per heavy atom. The molecule has 0 bridgehead atoms. The molecule has 0 radical (unpaired) electrons. The Morgan fingerprint density at radius 2 is 1.45 bits per heavy atom. The van der Waals surface area contributed by atoms with Crippen LogP contribution < -0.4 is 0 Å². The largest absolute Gasteiger partial charge is 0.459 e. The molecule has 0 aromatic heterocycles. The van der Waals surface area contributed by atoms with E-state index in [0.717, 1.165) is 0 Å². The molecule has 4 rings (SSSR count). The summed E-state index contributed by atoms with van der Waals surface area (Å²) in [5.41, 5.74) is -0.625. The van der Waals surface area contributed by atoms with Crippen LogP contribution in [0.5, 0.6) is 0 Å². The third kappa shape index (κ3) is 3.09. The molecule has 1 heterocycles. The second kappa shape index (κ2) is 6.81. The van der Waals surface area contributed by atoms with Gasteiger partial charge in [0.05, 0.1) is 11.3 Å². The van der Waals surface area contributed by atoms with Crippen LogP contribution in [-0.2, 0) is 5.41 Å². The molecule has 2 aliphatic rings. The minimum atomic E-state index is -6.36. The molecule has 2 aromatic carbocycles. The zero-order valence-corrected chi connectivity index (χ0v) is 16.6. The Labute approximate surface area is 175 Å². The van der Waals surface area contributed by atoms with Crippen LogP contribution >= 0.6 is 0 Å². The zero-order chi connectivity index (χ0) is 22.7. The number of benzene rings is 2. The van der Waals surface area contributed by atoms with Crippen molar-refractivity contribution in [1.82, 2.24) is 0 Å². The predicted octanol–water partition coefficient (Wildman–Crippen LogP) is 6.94. The van der Waals surface area contributed by atoms with Crippen LogP contribution in [0, 0.1) is 0 Å². The molecule has 1 saturated carbocycles. The average Bonchev–Trinajstić information content (AvgIpc) is 3.03. The van der Waals surface area contributed by atoms with Crippen molar-refractivity contribution in [3.05, 3.63) is 71.3 Å². The third-order valence-corrected chi connectivity index (χ3v) is 6.77. The van der Waals surface area contributed by atoms with Crippen molar-refractivity contribution < 1.29 is 30.7 Å². The molecule has 2 aromatic rings. The Hall–Kier alpha value is -2.38. The van der Waals surface area contributed by atoms with Gasteiger partial charge in [-0.1, -0.05) is 67.9 Å². The fourth-order valence-electron chi connectivity index (χ4n) is 5.08. The molecule has 1 fully saturated rings. The number of hydrogen-bond donors (Lipinski definition) is 0. The first-order chi connectivity index (χ1) is 14.3. The molecule has 1 aliphatic carbocycles. The Morgan fingerprint density at radius 3 is 2.10 bits per heavy atom. The van der Waals surface area contributed by atoms with Crippen molar-refractivity contribution in [2.75, 3.05) is 0 Å². The summed E-state index contributed by atoms with van der Waals surface area (Å²) >= 11 is 0. The van der Waals surface area contributed by atoms with Crippen molar-refractivity contribution in [2.45, 2.75) is 61.6 Å². The molecule has 0 N–H and O–H groups in total. The zero-order valence-electron chi connectivity index (χ0n) is 16.6. The van der Waals surface area contributed by atoms with Crippen molar-refractivity contribution in [3.8, 4) is 0 Å². The minimum Gasteiger partial charge on any atom is -0.276 e. The van der Waals surface area contributed by atoms with Gasteiger partial charge in [-0.2, -0.15) is 30.7 Å². The number of halogens is 7. The van der Waals surface area contributed by atoms with Crippen LogP contribution in [0.25, 0.3) is 0 Å². The van der Waals surface area contributed by atoms with E-state index in [1.165, 1.54) is 0 Å². The van der Waals surface area contributed by atoms with E-state index < -0.39 is 35.4 Å². The van der Waals surface area contributed by atoms with Crippen LogP contribution in [-0.4, -0.2) is 29.3 Å². The maximum Gasteiger partial charge on any atom is 0.459 e. The third-order valence-electron chi connectivity index (χ3n) is 6.77. The molecular formula is C23H20F7N. The topological polar surface area (TPSA) is 12.4 Å². The average molecular weight is 443 g/mol. The first-order valence-electron chi connectivity index (χ1n) is 9.92. The summed E-state index contributed by atoms with van der Waals surface area (Å²) < 4.78 is 95.5. The van der Waals surface area contributed by atoms with E-state index in [0.29, 0.717) is 35.2 Å². The lowest BCUT2D eigenvalue weighted by molar-refractivity contribution is -0.358. The van der Waals surface area contributed by atoms with Gasteiger partial charge in [-0.05, 0) is 18.4 Å². The summed E-state index contributed by atoms with van der Waals surface area (Å²) in [5, 5.41) is 0. The molecule has 31 heavy (non-hydrogen) atoms. The van der Waals surface area contributed by atoms with Crippen molar-refractivity contribution in [1.29, 1.82) is 0 Å². The van der Waals surface area contributed by atoms with Gasteiger partial charge in [0.25, 0.3) is 0 Å². The Bertz CT molecular complexity index is 1010. The fourth-order valence-corrected chi connectivity index (χ4v) is 5.08. The van der Waals surface area contributed by atoms with E-state index >= 15 is 0 Å². The first-order valence-corrected chi connectivity index (χ1v) is 9.92. The highest BCUT2D eigenvalue weighted by Crippen LogP contribution is 2.60. The number of aliphatic imine (C=N–C) groups is 1. The van der Waals surface area contributed by atoms with Gasteiger partial charge >= 0.3 is 18.0 Å². The van der Waals surface area contributed by atoms with Crippen molar-refractivity contribution >= 4 is 5.71 Å². The van der Waals surface area contributed by atoms with Gasteiger partial charge in [0.2, 0.25) is 0 Å². The standard InChI is InChI=1S/C23H20F7N/c1-19-12-7-13-20(19,14-21(24,25)22(26,27)23(28,29)30)31-18(15-8-3-2-4-9-15)16-10-5-6-11-17(16)19/h2-6,8-11H,7,12-14H2,1H3. The molecule has 166 valence electrons. The van der Waals surface area contributed by atoms with E-state index in [2.05, 4.69) is 4.99 Å². The fraction of sp³-hybridized carbons (Fsp3) is 0.435. The molecule has 0 amide bonds. The van der Waals surface area contributed by atoms with E-state index in [1.54, 1.807) is 61.5 Å². The number of nitrogens with zero attached hydrogens (tertiary/aromatic N) is 1. The molecule has 0 spiro atoms. The lowest BCUT2D eigenvalue weighted by atomic mass is 9.62. The van der Waals surface area contributed by atoms with Gasteiger partial charge in [-0.3, -0.25) is 4.99 Å². The molecule has 1 aliphatic heterocycles. The summed E-state index contributed by atoms with van der Waals surface area (Å²) in [5.74, 6) is -11.5. The van der Waals surface area contributed by atoms with Crippen LogP contribution in [0.4, 0.5) is 30.7 Å². The first kappa shape index (κ1) is 21.8. The van der Waals surface area contributed by atoms with Crippen LogP contribution in [0.2, 0.25) is 0 Å². The highest BCUT2D eigenvalue weighted by atomic mass is 19.4. The summed E-state index contributed by atoms with van der Waals surface area (Å²) in [4.78, 5) is 4.58. The normalized spacial score (nSPS) is 26.3. The highest BCUT2D eigenvalue weighted by Gasteiger charge is 2.75. The van der Waals surface area contributed by atoms with Crippen molar-refractivity contribution in [2.24, 2.45) is 4.99 Å². The quantitative estimate of drug-likeness (QED) is 0.454. The Balaban J connectivity index is 1.92. The van der Waals surface area contributed by atoms with Gasteiger partial charge in [0, 0.05) is 23.0 Å². The smallest absolute Gasteiger partial charge is 0.276 e. The maximum absolute atomic E-state index is 14.7. The summed E-state index contributed by atoms with van der Waals surface area (Å²) in [6, 6.07) is 15.6. The molecule has 1 nitrogen and oxygen atoms in total. The predicted molar refractivity (Wildman–Crippen MR) is 103 cm³/mol. The van der Waals surface area contributed by atoms with Gasteiger partial charge < -0.3 is 0 Å². The van der Waals surface area contributed by atoms with Gasteiger partial charge in [0.15, 0.2) is 0 Å². The van der Waals surface area contributed by atoms with Gasteiger partial charge in [0.1, 0.15) is 0 Å². The molecule has 8 heteroatoms. The lowest BCUT2D eigenvalue weighted by Gasteiger charge is -2.48. The molecule has 2 unspecified atom stereocenters. The SMILES string of the molecule is CC12CCCC1(CC(F)(F)C(F)(F)C(F)(F)F)N=C(c1ccccc1)c1ccccc12. The number of hydrogen-bond acceptors (Lipinski definition) is 1. The molecular weight excluding hydrogens is 423 g/mol. The minimum absolute atomic E-state index is 0.00229. The second-order valence-corrected chi connectivity index (χ2v) is 8.54. The summed E-state index contributed by atoms with van der Waals surface area (Å²) in [6.07, 6.45) is -7.29. The van der Waals surface area contributed by atoms with Crippen LogP contribution in [0.3, 0.4) is 0 Å². The number of rotatable bonds is 4. The van der Waals surface area contributed by atoms with Gasteiger partial charge in [-0.15, -0.1) is 0 Å². The van der Waals surface area contributed by atoms with Gasteiger partial charge in [-0.25, -0.2) is 0 Å². The van der Waals surface area contributed by atoms with E-state index in [9.17, 15) is 30.7 Å².